The van der Waals surface area contributed by atoms with E-state index in [4.69, 9.17) is 5.73 Å². The molecule has 2 atom stereocenters. The van der Waals surface area contributed by atoms with Crippen molar-refractivity contribution in [1.29, 1.82) is 0 Å². The van der Waals surface area contributed by atoms with E-state index in [2.05, 4.69) is 47.1 Å². The molecule has 0 spiro atoms. The highest BCUT2D eigenvalue weighted by molar-refractivity contribution is 9.10. The number of halogens is 1. The Bertz CT molecular complexity index is 333. The van der Waals surface area contributed by atoms with Crippen molar-refractivity contribution in [3.05, 3.63) is 34.3 Å². The molecule has 0 radical (unpaired) electrons. The molecule has 0 amide bonds. The summed E-state index contributed by atoms with van der Waals surface area (Å²) in [6.45, 7) is 2.36. The largest absolute Gasteiger partial charge is 0.328 e. The maximum Gasteiger partial charge on any atom is 0.0175 e. The molecule has 0 bridgehead atoms. The van der Waals surface area contributed by atoms with E-state index >= 15 is 0 Å². The number of hydrogen-bond donors (Lipinski definition) is 1. The average molecular weight is 268 g/mol. The average Bonchev–Trinajstić information content (AvgIpc) is 2.50. The summed E-state index contributed by atoms with van der Waals surface area (Å²) in [6.07, 6.45) is 4.79. The highest BCUT2D eigenvalue weighted by Crippen LogP contribution is 2.39. The number of rotatable bonds is 2. The van der Waals surface area contributed by atoms with E-state index in [0.717, 1.165) is 10.9 Å². The first-order valence-corrected chi connectivity index (χ1v) is 6.37. The second kappa shape index (κ2) is 4.26. The van der Waals surface area contributed by atoms with E-state index in [1.807, 2.05) is 0 Å². The lowest BCUT2D eigenvalue weighted by molar-refractivity contribution is 0.329. The van der Waals surface area contributed by atoms with Gasteiger partial charge in [-0.25, -0.2) is 0 Å². The fourth-order valence-corrected chi connectivity index (χ4v) is 2.89. The van der Waals surface area contributed by atoms with Crippen molar-refractivity contribution in [2.45, 2.75) is 38.6 Å². The van der Waals surface area contributed by atoms with Gasteiger partial charge in [-0.1, -0.05) is 35.0 Å². The summed E-state index contributed by atoms with van der Waals surface area (Å²) in [5.74, 6) is 0. The fraction of sp³-hybridized carbons (Fsp3) is 0.538. The predicted molar refractivity (Wildman–Crippen MR) is 67.8 cm³/mol. The van der Waals surface area contributed by atoms with E-state index < -0.39 is 0 Å². The van der Waals surface area contributed by atoms with Crippen LogP contribution in [0.2, 0.25) is 0 Å². The highest BCUT2D eigenvalue weighted by Gasteiger charge is 2.33. The summed E-state index contributed by atoms with van der Waals surface area (Å²) in [4.78, 5) is 0. The van der Waals surface area contributed by atoms with Crippen molar-refractivity contribution < 1.29 is 0 Å². The first kappa shape index (κ1) is 11.2. The van der Waals surface area contributed by atoms with Gasteiger partial charge in [0, 0.05) is 10.5 Å². The molecule has 1 saturated carbocycles. The summed E-state index contributed by atoms with van der Waals surface area (Å²) in [6, 6.07) is 9.07. The molecule has 1 aliphatic rings. The minimum atomic E-state index is 0.422. The van der Waals surface area contributed by atoms with Gasteiger partial charge in [0.1, 0.15) is 0 Å². The molecule has 82 valence electrons. The van der Waals surface area contributed by atoms with Crippen LogP contribution in [-0.4, -0.2) is 6.04 Å². The van der Waals surface area contributed by atoms with Crippen LogP contribution in [0, 0.1) is 5.41 Å². The summed E-state index contributed by atoms with van der Waals surface area (Å²) in [7, 11) is 0. The van der Waals surface area contributed by atoms with Crippen molar-refractivity contribution in [3.63, 3.8) is 0 Å². The van der Waals surface area contributed by atoms with Crippen LogP contribution in [0.1, 0.15) is 31.7 Å². The topological polar surface area (TPSA) is 26.0 Å². The van der Waals surface area contributed by atoms with E-state index in [-0.39, 0.29) is 0 Å². The second-order valence-corrected chi connectivity index (χ2v) is 6.03. The Labute approximate surface area is 100 Å². The standard InChI is InChI=1S/C13H18BrN/c1-13(7-6-12(15)9-13)8-10-2-4-11(14)5-3-10/h2-5,12H,6-9,15H2,1H3. The van der Waals surface area contributed by atoms with Crippen LogP contribution in [0.5, 0.6) is 0 Å². The molecule has 0 saturated heterocycles. The van der Waals surface area contributed by atoms with E-state index in [0.29, 0.717) is 11.5 Å². The Hall–Kier alpha value is -0.340. The summed E-state index contributed by atoms with van der Waals surface area (Å²) in [5, 5.41) is 0. The molecule has 1 aromatic rings. The zero-order chi connectivity index (χ0) is 10.9. The Kier molecular flexibility index (Phi) is 3.17. The minimum Gasteiger partial charge on any atom is -0.328 e. The third-order valence-corrected chi connectivity index (χ3v) is 3.95. The first-order chi connectivity index (χ1) is 7.07. The third-order valence-electron chi connectivity index (χ3n) is 3.42. The molecule has 1 aliphatic carbocycles. The predicted octanol–water partition coefficient (Wildman–Crippen LogP) is 3.51. The van der Waals surface area contributed by atoms with Gasteiger partial charge in [-0.15, -0.1) is 0 Å². The molecule has 2 unspecified atom stereocenters. The normalized spacial score (nSPS) is 30.7. The lowest BCUT2D eigenvalue weighted by Gasteiger charge is -2.23. The van der Waals surface area contributed by atoms with Gasteiger partial charge in [-0.3, -0.25) is 0 Å². The first-order valence-electron chi connectivity index (χ1n) is 5.57. The molecule has 2 N–H and O–H groups in total. The van der Waals surface area contributed by atoms with Crippen LogP contribution in [-0.2, 0) is 6.42 Å². The van der Waals surface area contributed by atoms with E-state index in [9.17, 15) is 0 Å². The molecular formula is C13H18BrN. The lowest BCUT2D eigenvalue weighted by Crippen LogP contribution is -2.21. The van der Waals surface area contributed by atoms with Gasteiger partial charge in [-0.2, -0.15) is 0 Å². The molecule has 2 rings (SSSR count). The molecule has 0 heterocycles. The molecule has 0 aliphatic heterocycles. The smallest absolute Gasteiger partial charge is 0.0175 e. The van der Waals surface area contributed by atoms with Gasteiger partial charge in [-0.05, 0) is 48.8 Å². The van der Waals surface area contributed by atoms with E-state index in [1.54, 1.807) is 0 Å². The second-order valence-electron chi connectivity index (χ2n) is 5.12. The summed E-state index contributed by atoms with van der Waals surface area (Å²) >= 11 is 3.46. The van der Waals surface area contributed by atoms with E-state index in [1.165, 1.54) is 24.8 Å². The molecule has 1 aromatic carbocycles. The minimum absolute atomic E-state index is 0.422. The zero-order valence-corrected chi connectivity index (χ0v) is 10.8. The zero-order valence-electron chi connectivity index (χ0n) is 9.17. The molecule has 2 heteroatoms. The quantitative estimate of drug-likeness (QED) is 0.872. The molecule has 15 heavy (non-hydrogen) atoms. The Morgan fingerprint density at radius 3 is 2.60 bits per heavy atom. The van der Waals surface area contributed by atoms with Crippen molar-refractivity contribution in [1.82, 2.24) is 0 Å². The Morgan fingerprint density at radius 1 is 1.40 bits per heavy atom. The van der Waals surface area contributed by atoms with Crippen LogP contribution in [0.4, 0.5) is 0 Å². The maximum atomic E-state index is 5.98. The van der Waals surface area contributed by atoms with Gasteiger partial charge in [0.15, 0.2) is 0 Å². The van der Waals surface area contributed by atoms with Crippen molar-refractivity contribution in [2.75, 3.05) is 0 Å². The lowest BCUT2D eigenvalue weighted by atomic mass is 9.82. The van der Waals surface area contributed by atoms with Gasteiger partial charge < -0.3 is 5.73 Å². The van der Waals surface area contributed by atoms with Gasteiger partial charge in [0.25, 0.3) is 0 Å². The summed E-state index contributed by atoms with van der Waals surface area (Å²) in [5.41, 5.74) is 7.83. The third kappa shape index (κ3) is 2.82. The fourth-order valence-electron chi connectivity index (χ4n) is 2.63. The van der Waals surface area contributed by atoms with Crippen molar-refractivity contribution in [2.24, 2.45) is 11.1 Å². The van der Waals surface area contributed by atoms with Crippen LogP contribution < -0.4 is 5.73 Å². The van der Waals surface area contributed by atoms with Crippen LogP contribution in [0.25, 0.3) is 0 Å². The number of benzene rings is 1. The van der Waals surface area contributed by atoms with Crippen LogP contribution in [0.15, 0.2) is 28.7 Å². The van der Waals surface area contributed by atoms with Gasteiger partial charge >= 0.3 is 0 Å². The monoisotopic (exact) mass is 267 g/mol. The highest BCUT2D eigenvalue weighted by atomic mass is 79.9. The number of hydrogen-bond acceptors (Lipinski definition) is 1. The molecule has 1 fully saturated rings. The SMILES string of the molecule is CC1(Cc2ccc(Br)cc2)CCC(N)C1. The van der Waals surface area contributed by atoms with Crippen molar-refractivity contribution >= 4 is 15.9 Å². The molecule has 0 aromatic heterocycles. The summed E-state index contributed by atoms with van der Waals surface area (Å²) < 4.78 is 1.15. The van der Waals surface area contributed by atoms with Gasteiger partial charge in [0.2, 0.25) is 0 Å². The van der Waals surface area contributed by atoms with Crippen molar-refractivity contribution in [3.8, 4) is 0 Å². The molecule has 1 nitrogen and oxygen atoms in total. The number of nitrogens with two attached hydrogens (primary N) is 1. The van der Waals surface area contributed by atoms with Crippen LogP contribution >= 0.6 is 15.9 Å². The van der Waals surface area contributed by atoms with Gasteiger partial charge in [0.05, 0.1) is 0 Å². The maximum absolute atomic E-state index is 5.98. The Balaban J connectivity index is 2.05. The Morgan fingerprint density at radius 2 is 2.07 bits per heavy atom. The molecular weight excluding hydrogens is 250 g/mol. The van der Waals surface area contributed by atoms with Crippen LogP contribution in [0.3, 0.4) is 0 Å².